The first-order chi connectivity index (χ1) is 14.4. The lowest BCUT2D eigenvalue weighted by Gasteiger charge is -2.36. The van der Waals surface area contributed by atoms with Gasteiger partial charge in [-0.1, -0.05) is 29.8 Å². The van der Waals surface area contributed by atoms with Gasteiger partial charge in [-0.15, -0.1) is 0 Å². The van der Waals surface area contributed by atoms with Gasteiger partial charge in [0.15, 0.2) is 0 Å². The number of rotatable bonds is 6. The van der Waals surface area contributed by atoms with Crippen LogP contribution in [0.5, 0.6) is 0 Å². The lowest BCUT2D eigenvalue weighted by atomic mass is 9.97. The second kappa shape index (κ2) is 9.73. The molecule has 0 spiro atoms. The van der Waals surface area contributed by atoms with E-state index < -0.39 is 11.8 Å². The highest BCUT2D eigenvalue weighted by molar-refractivity contribution is 6.35. The molecule has 0 aromatic heterocycles. The van der Waals surface area contributed by atoms with Crippen LogP contribution >= 0.6 is 0 Å². The molecule has 2 fully saturated rings. The third-order valence-electron chi connectivity index (χ3n) is 5.68. The Bertz CT molecular complexity index is 799. The Morgan fingerprint density at radius 1 is 0.967 bits per heavy atom. The highest BCUT2D eigenvalue weighted by atomic mass is 16.5. The largest absolute Gasteiger partial charge is 0.466 e. The summed E-state index contributed by atoms with van der Waals surface area (Å²) in [5.41, 5.74) is 2.10. The van der Waals surface area contributed by atoms with E-state index >= 15 is 0 Å². The standard InChI is InChI=1S/C22H29N3O5/c1-3-30-22(29)18-8-10-23(11-9-18)19(26)15-25-13-12-24(20(27)21(25)28)14-17-6-4-16(2)5-7-17/h4-7,18H,3,8-15H2,1-2H3. The minimum absolute atomic E-state index is 0.104. The Hall–Kier alpha value is -2.90. The molecule has 162 valence electrons. The molecule has 2 saturated heterocycles. The van der Waals surface area contributed by atoms with Gasteiger partial charge in [0.05, 0.1) is 12.5 Å². The number of piperidine rings is 1. The highest BCUT2D eigenvalue weighted by Crippen LogP contribution is 2.19. The van der Waals surface area contributed by atoms with Gasteiger partial charge in [-0.05, 0) is 32.3 Å². The van der Waals surface area contributed by atoms with Crippen LogP contribution in [0.1, 0.15) is 30.9 Å². The van der Waals surface area contributed by atoms with Gasteiger partial charge in [0.2, 0.25) is 5.91 Å². The molecule has 0 atom stereocenters. The van der Waals surface area contributed by atoms with Crippen molar-refractivity contribution in [3.05, 3.63) is 35.4 Å². The molecule has 0 saturated carbocycles. The van der Waals surface area contributed by atoms with Crippen molar-refractivity contribution in [2.24, 2.45) is 5.92 Å². The summed E-state index contributed by atoms with van der Waals surface area (Å²) < 4.78 is 5.05. The van der Waals surface area contributed by atoms with Crippen LogP contribution in [0.3, 0.4) is 0 Å². The molecule has 2 aliphatic heterocycles. The Balaban J connectivity index is 1.49. The summed E-state index contributed by atoms with van der Waals surface area (Å²) in [5, 5.41) is 0. The molecular formula is C22H29N3O5. The van der Waals surface area contributed by atoms with Crippen LogP contribution in [0, 0.1) is 12.8 Å². The number of amides is 3. The van der Waals surface area contributed by atoms with Gasteiger partial charge in [-0.25, -0.2) is 0 Å². The number of aryl methyl sites for hydroxylation is 1. The fourth-order valence-corrected chi connectivity index (χ4v) is 3.82. The average Bonchev–Trinajstić information content (AvgIpc) is 2.75. The lowest BCUT2D eigenvalue weighted by molar-refractivity contribution is -0.158. The Kier molecular flexibility index (Phi) is 7.07. The zero-order valence-electron chi connectivity index (χ0n) is 17.6. The van der Waals surface area contributed by atoms with Crippen molar-refractivity contribution < 1.29 is 23.9 Å². The van der Waals surface area contributed by atoms with E-state index in [0.29, 0.717) is 52.2 Å². The first-order valence-corrected chi connectivity index (χ1v) is 10.5. The zero-order valence-corrected chi connectivity index (χ0v) is 17.6. The summed E-state index contributed by atoms with van der Waals surface area (Å²) in [4.78, 5) is 54.0. The number of esters is 1. The first-order valence-electron chi connectivity index (χ1n) is 10.5. The van der Waals surface area contributed by atoms with Crippen LogP contribution in [0.15, 0.2) is 24.3 Å². The molecule has 0 bridgehead atoms. The molecule has 8 nitrogen and oxygen atoms in total. The van der Waals surface area contributed by atoms with Crippen LogP contribution in [-0.2, 0) is 30.5 Å². The number of hydrogen-bond donors (Lipinski definition) is 0. The fourth-order valence-electron chi connectivity index (χ4n) is 3.82. The van der Waals surface area contributed by atoms with E-state index in [4.69, 9.17) is 4.74 Å². The van der Waals surface area contributed by atoms with Gasteiger partial charge in [-0.3, -0.25) is 19.2 Å². The third-order valence-corrected chi connectivity index (χ3v) is 5.68. The van der Waals surface area contributed by atoms with Crippen molar-refractivity contribution in [2.75, 3.05) is 39.3 Å². The summed E-state index contributed by atoms with van der Waals surface area (Å²) in [6.07, 6.45) is 1.11. The maximum atomic E-state index is 12.6. The van der Waals surface area contributed by atoms with Crippen molar-refractivity contribution in [1.29, 1.82) is 0 Å². The van der Waals surface area contributed by atoms with Crippen LogP contribution < -0.4 is 0 Å². The van der Waals surface area contributed by atoms with E-state index in [-0.39, 0.29) is 24.3 Å². The van der Waals surface area contributed by atoms with Gasteiger partial charge in [0, 0.05) is 32.7 Å². The molecule has 30 heavy (non-hydrogen) atoms. The predicted molar refractivity (Wildman–Crippen MR) is 109 cm³/mol. The second-order valence-corrected chi connectivity index (χ2v) is 7.85. The molecule has 0 radical (unpaired) electrons. The fraction of sp³-hybridized carbons (Fsp3) is 0.545. The van der Waals surface area contributed by atoms with E-state index in [1.54, 1.807) is 11.8 Å². The maximum Gasteiger partial charge on any atom is 0.312 e. The average molecular weight is 415 g/mol. The summed E-state index contributed by atoms with van der Waals surface area (Å²) in [5.74, 6) is -1.79. The number of nitrogens with zero attached hydrogens (tertiary/aromatic N) is 3. The number of hydrogen-bond acceptors (Lipinski definition) is 5. The smallest absolute Gasteiger partial charge is 0.312 e. The van der Waals surface area contributed by atoms with Crippen LogP contribution in [-0.4, -0.2) is 77.7 Å². The molecule has 3 rings (SSSR count). The van der Waals surface area contributed by atoms with Gasteiger partial charge in [-0.2, -0.15) is 0 Å². The molecule has 2 heterocycles. The lowest BCUT2D eigenvalue weighted by Crippen LogP contribution is -2.56. The number of likely N-dealkylation sites (tertiary alicyclic amines) is 1. The molecule has 1 aromatic carbocycles. The van der Waals surface area contributed by atoms with Gasteiger partial charge in [0.1, 0.15) is 6.54 Å². The minimum Gasteiger partial charge on any atom is -0.466 e. The molecule has 0 N–H and O–H groups in total. The Labute approximate surface area is 176 Å². The summed E-state index contributed by atoms with van der Waals surface area (Å²) in [7, 11) is 0. The SMILES string of the molecule is CCOC(=O)C1CCN(C(=O)CN2CCN(Cc3ccc(C)cc3)C(=O)C2=O)CC1. The van der Waals surface area contributed by atoms with Crippen LogP contribution in [0.25, 0.3) is 0 Å². The number of carbonyl (C=O) groups is 4. The molecule has 2 aliphatic rings. The van der Waals surface area contributed by atoms with E-state index in [0.717, 1.165) is 11.1 Å². The van der Waals surface area contributed by atoms with E-state index in [1.807, 2.05) is 31.2 Å². The van der Waals surface area contributed by atoms with Crippen molar-refractivity contribution in [3.8, 4) is 0 Å². The summed E-state index contributed by atoms with van der Waals surface area (Å²) >= 11 is 0. The minimum atomic E-state index is -0.636. The predicted octanol–water partition coefficient (Wildman–Crippen LogP) is 0.968. The number of carbonyl (C=O) groups excluding carboxylic acids is 4. The van der Waals surface area contributed by atoms with Gasteiger partial charge >= 0.3 is 17.8 Å². The maximum absolute atomic E-state index is 12.6. The van der Waals surface area contributed by atoms with Crippen molar-refractivity contribution in [3.63, 3.8) is 0 Å². The molecule has 8 heteroatoms. The summed E-state index contributed by atoms with van der Waals surface area (Å²) in [6.45, 7) is 6.04. The number of ether oxygens (including phenoxy) is 1. The topological polar surface area (TPSA) is 87.2 Å². The van der Waals surface area contributed by atoms with E-state index in [9.17, 15) is 19.2 Å². The zero-order chi connectivity index (χ0) is 21.7. The normalized spacial score (nSPS) is 18.0. The second-order valence-electron chi connectivity index (χ2n) is 7.85. The van der Waals surface area contributed by atoms with E-state index in [2.05, 4.69) is 0 Å². The monoisotopic (exact) mass is 415 g/mol. The molecule has 0 unspecified atom stereocenters. The van der Waals surface area contributed by atoms with Crippen molar-refractivity contribution in [2.45, 2.75) is 33.2 Å². The molecule has 3 amide bonds. The van der Waals surface area contributed by atoms with Crippen LogP contribution in [0.2, 0.25) is 0 Å². The summed E-state index contributed by atoms with van der Waals surface area (Å²) in [6, 6.07) is 7.84. The molecule has 1 aromatic rings. The van der Waals surface area contributed by atoms with Crippen molar-refractivity contribution in [1.82, 2.24) is 14.7 Å². The van der Waals surface area contributed by atoms with Gasteiger partial charge < -0.3 is 19.4 Å². The molecule has 0 aliphatic carbocycles. The number of benzene rings is 1. The van der Waals surface area contributed by atoms with Crippen LogP contribution in [0.4, 0.5) is 0 Å². The first kappa shape index (κ1) is 21.8. The van der Waals surface area contributed by atoms with Gasteiger partial charge in [0.25, 0.3) is 0 Å². The highest BCUT2D eigenvalue weighted by Gasteiger charge is 2.35. The van der Waals surface area contributed by atoms with E-state index in [1.165, 1.54) is 9.80 Å². The van der Waals surface area contributed by atoms with Crippen molar-refractivity contribution >= 4 is 23.7 Å². The number of piperazine rings is 1. The third kappa shape index (κ3) is 5.17. The quantitative estimate of drug-likeness (QED) is 0.510. The molecular weight excluding hydrogens is 386 g/mol. The Morgan fingerprint density at radius 2 is 1.57 bits per heavy atom. The Morgan fingerprint density at radius 3 is 2.20 bits per heavy atom.